The van der Waals surface area contributed by atoms with Gasteiger partial charge in [0.15, 0.2) is 5.16 Å². The Balaban J connectivity index is 1.52. The molecule has 7 nitrogen and oxygen atoms in total. The maximum Gasteiger partial charge on any atom is 0.250 e. The van der Waals surface area contributed by atoms with E-state index in [0.29, 0.717) is 17.5 Å². The van der Waals surface area contributed by atoms with Crippen LogP contribution in [-0.4, -0.2) is 32.6 Å². The van der Waals surface area contributed by atoms with Crippen LogP contribution >= 0.6 is 27.7 Å². The molecule has 0 radical (unpaired) electrons. The lowest BCUT2D eigenvalue weighted by molar-refractivity contribution is -0.118. The van der Waals surface area contributed by atoms with Crippen LogP contribution in [-0.2, 0) is 18.4 Å². The van der Waals surface area contributed by atoms with Gasteiger partial charge in [-0.1, -0.05) is 52.0 Å². The fourth-order valence-corrected chi connectivity index (χ4v) is 3.14. The van der Waals surface area contributed by atoms with Crippen LogP contribution in [0.3, 0.4) is 0 Å². The number of ether oxygens (including phenoxy) is 1. The first-order chi connectivity index (χ1) is 13.6. The summed E-state index contributed by atoms with van der Waals surface area (Å²) >= 11 is 4.71. The first kappa shape index (κ1) is 20.1. The van der Waals surface area contributed by atoms with Crippen LogP contribution in [0.25, 0.3) is 0 Å². The molecule has 1 amide bonds. The Kier molecular flexibility index (Phi) is 7.21. The van der Waals surface area contributed by atoms with Gasteiger partial charge in [-0.2, -0.15) is 5.10 Å². The predicted molar refractivity (Wildman–Crippen MR) is 112 cm³/mol. The first-order valence-electron chi connectivity index (χ1n) is 8.37. The van der Waals surface area contributed by atoms with Crippen molar-refractivity contribution in [1.82, 2.24) is 20.2 Å². The third-order valence-corrected chi connectivity index (χ3v) is 5.18. The number of hydrazone groups is 1. The van der Waals surface area contributed by atoms with E-state index in [4.69, 9.17) is 4.74 Å². The van der Waals surface area contributed by atoms with Gasteiger partial charge in [0.2, 0.25) is 0 Å². The molecule has 0 saturated carbocycles. The van der Waals surface area contributed by atoms with Gasteiger partial charge in [-0.05, 0) is 29.8 Å². The number of amides is 1. The molecule has 144 valence electrons. The van der Waals surface area contributed by atoms with Crippen molar-refractivity contribution in [2.24, 2.45) is 12.1 Å². The van der Waals surface area contributed by atoms with Crippen molar-refractivity contribution in [1.29, 1.82) is 0 Å². The number of benzene rings is 2. The molecular formula is C19H18BrN5O2S. The second kappa shape index (κ2) is 10.0. The normalized spacial score (nSPS) is 10.9. The number of hydrogen-bond donors (Lipinski definition) is 1. The summed E-state index contributed by atoms with van der Waals surface area (Å²) < 4.78 is 8.66. The molecule has 0 fully saturated rings. The van der Waals surface area contributed by atoms with E-state index in [1.807, 2.05) is 55.6 Å². The van der Waals surface area contributed by atoms with Crippen LogP contribution in [0.5, 0.6) is 5.75 Å². The van der Waals surface area contributed by atoms with Crippen LogP contribution in [0.2, 0.25) is 0 Å². The molecular weight excluding hydrogens is 442 g/mol. The Hall–Kier alpha value is -2.65. The maximum atomic E-state index is 11.9. The highest BCUT2D eigenvalue weighted by Crippen LogP contribution is 2.18. The van der Waals surface area contributed by atoms with Crippen molar-refractivity contribution in [2.75, 3.05) is 5.75 Å². The van der Waals surface area contributed by atoms with E-state index in [2.05, 4.69) is 36.7 Å². The van der Waals surface area contributed by atoms with Crippen LogP contribution in [0.4, 0.5) is 0 Å². The second-order valence-electron chi connectivity index (χ2n) is 5.76. The maximum absolute atomic E-state index is 11.9. The van der Waals surface area contributed by atoms with Crippen molar-refractivity contribution in [2.45, 2.75) is 11.8 Å². The average molecular weight is 460 g/mol. The summed E-state index contributed by atoms with van der Waals surface area (Å²) in [5.41, 5.74) is 4.35. The molecule has 3 rings (SSSR count). The van der Waals surface area contributed by atoms with Crippen LogP contribution in [0.15, 0.2) is 69.6 Å². The molecule has 1 N–H and O–H groups in total. The summed E-state index contributed by atoms with van der Waals surface area (Å²) in [5, 5.41) is 12.4. The lowest BCUT2D eigenvalue weighted by Crippen LogP contribution is -2.20. The molecule has 3 aromatic rings. The monoisotopic (exact) mass is 459 g/mol. The largest absolute Gasteiger partial charge is 0.488 e. The van der Waals surface area contributed by atoms with E-state index in [-0.39, 0.29) is 11.7 Å². The van der Waals surface area contributed by atoms with Crippen LogP contribution < -0.4 is 10.2 Å². The van der Waals surface area contributed by atoms with E-state index in [1.54, 1.807) is 17.1 Å². The molecule has 1 aromatic heterocycles. The summed E-state index contributed by atoms with van der Waals surface area (Å²) in [6.45, 7) is 0.443. The molecule has 0 unspecified atom stereocenters. The standard InChI is InChI=1S/C19H18BrN5O2S/c1-25-13-22-24-19(25)28-12-18(26)23-21-10-15-4-2-3-5-17(15)27-11-14-6-8-16(20)9-7-14/h2-10,13H,11-12H2,1H3,(H,23,26)/b21-10-. The Bertz CT molecular complexity index is 959. The number of hydrogen-bond acceptors (Lipinski definition) is 6. The Morgan fingerprint density at radius 3 is 2.82 bits per heavy atom. The zero-order valence-corrected chi connectivity index (χ0v) is 17.5. The highest BCUT2D eigenvalue weighted by molar-refractivity contribution is 9.10. The highest BCUT2D eigenvalue weighted by atomic mass is 79.9. The minimum absolute atomic E-state index is 0.200. The molecule has 0 aliphatic rings. The van der Waals surface area contributed by atoms with Gasteiger partial charge in [-0.3, -0.25) is 4.79 Å². The Morgan fingerprint density at radius 2 is 2.07 bits per heavy atom. The van der Waals surface area contributed by atoms with Crippen molar-refractivity contribution in [3.05, 3.63) is 70.5 Å². The fraction of sp³-hybridized carbons (Fsp3) is 0.158. The topological polar surface area (TPSA) is 81.4 Å². The SMILES string of the molecule is Cn1cnnc1SCC(=O)N/N=C\c1ccccc1OCc1ccc(Br)cc1. The molecule has 28 heavy (non-hydrogen) atoms. The number of thioether (sulfide) groups is 1. The molecule has 0 saturated heterocycles. The summed E-state index contributed by atoms with van der Waals surface area (Å²) in [6.07, 6.45) is 3.16. The van der Waals surface area contributed by atoms with Crippen LogP contribution in [0, 0.1) is 0 Å². The zero-order chi connectivity index (χ0) is 19.8. The van der Waals surface area contributed by atoms with Gasteiger partial charge >= 0.3 is 0 Å². The number of carbonyl (C=O) groups excluding carboxylic acids is 1. The van der Waals surface area contributed by atoms with E-state index in [0.717, 1.165) is 15.6 Å². The lowest BCUT2D eigenvalue weighted by Gasteiger charge is -2.09. The van der Waals surface area contributed by atoms with Gasteiger partial charge in [0, 0.05) is 17.1 Å². The Morgan fingerprint density at radius 1 is 1.29 bits per heavy atom. The van der Waals surface area contributed by atoms with Crippen molar-refractivity contribution >= 4 is 39.8 Å². The van der Waals surface area contributed by atoms with Gasteiger partial charge in [0.1, 0.15) is 18.7 Å². The van der Waals surface area contributed by atoms with Crippen molar-refractivity contribution in [3.8, 4) is 5.75 Å². The van der Waals surface area contributed by atoms with Gasteiger partial charge in [0.25, 0.3) is 5.91 Å². The minimum atomic E-state index is -0.225. The molecule has 0 spiro atoms. The molecule has 0 aliphatic carbocycles. The second-order valence-corrected chi connectivity index (χ2v) is 7.62. The van der Waals surface area contributed by atoms with Gasteiger partial charge in [-0.15, -0.1) is 10.2 Å². The van der Waals surface area contributed by atoms with Crippen molar-refractivity contribution in [3.63, 3.8) is 0 Å². The zero-order valence-electron chi connectivity index (χ0n) is 15.1. The summed E-state index contributed by atoms with van der Waals surface area (Å²) in [5.74, 6) is 0.667. The summed E-state index contributed by atoms with van der Waals surface area (Å²) in [7, 11) is 1.82. The van der Waals surface area contributed by atoms with E-state index >= 15 is 0 Å². The lowest BCUT2D eigenvalue weighted by atomic mass is 10.2. The third kappa shape index (κ3) is 5.93. The van der Waals surface area contributed by atoms with E-state index in [1.165, 1.54) is 11.8 Å². The number of nitrogens with zero attached hydrogens (tertiary/aromatic N) is 4. The minimum Gasteiger partial charge on any atom is -0.488 e. The van der Waals surface area contributed by atoms with E-state index in [9.17, 15) is 4.79 Å². The molecule has 1 heterocycles. The molecule has 0 bridgehead atoms. The van der Waals surface area contributed by atoms with Gasteiger partial charge in [-0.25, -0.2) is 5.43 Å². The number of carbonyl (C=O) groups is 1. The first-order valence-corrected chi connectivity index (χ1v) is 10.1. The van der Waals surface area contributed by atoms with Gasteiger partial charge < -0.3 is 9.30 Å². The van der Waals surface area contributed by atoms with Crippen molar-refractivity contribution < 1.29 is 9.53 Å². The number of halogens is 1. The third-order valence-electron chi connectivity index (χ3n) is 3.62. The quantitative estimate of drug-likeness (QED) is 0.317. The number of nitrogens with one attached hydrogen (secondary N) is 1. The number of rotatable bonds is 8. The summed E-state index contributed by atoms with van der Waals surface area (Å²) in [4.78, 5) is 11.9. The number of aromatic nitrogens is 3. The molecule has 9 heteroatoms. The molecule has 2 aromatic carbocycles. The molecule has 0 atom stereocenters. The predicted octanol–water partition coefficient (Wildman–Crippen LogP) is 3.40. The smallest absolute Gasteiger partial charge is 0.250 e. The average Bonchev–Trinajstić information content (AvgIpc) is 3.11. The van der Waals surface area contributed by atoms with E-state index < -0.39 is 0 Å². The molecule has 0 aliphatic heterocycles. The van der Waals surface area contributed by atoms with Crippen LogP contribution in [0.1, 0.15) is 11.1 Å². The van der Waals surface area contributed by atoms with Gasteiger partial charge in [0.05, 0.1) is 12.0 Å². The highest BCUT2D eigenvalue weighted by Gasteiger charge is 2.06. The Labute approximate surface area is 175 Å². The summed E-state index contributed by atoms with van der Waals surface area (Å²) in [6, 6.07) is 15.5. The number of para-hydroxylation sites is 1. The fourth-order valence-electron chi connectivity index (χ4n) is 2.20. The number of aryl methyl sites for hydroxylation is 1.